The van der Waals surface area contributed by atoms with E-state index in [4.69, 9.17) is 9.97 Å². The highest BCUT2D eigenvalue weighted by Gasteiger charge is 2.23. The predicted molar refractivity (Wildman–Crippen MR) is 121 cm³/mol. The number of piperazine rings is 1. The van der Waals surface area contributed by atoms with Crippen molar-refractivity contribution < 1.29 is 17.9 Å². The van der Waals surface area contributed by atoms with Crippen molar-refractivity contribution >= 4 is 22.7 Å². The maximum Gasteiger partial charge on any atom is 0.387 e. The number of aryl methyl sites for hydroxylation is 1. The topological polar surface area (TPSA) is 66.4 Å². The molecule has 0 atom stereocenters. The lowest BCUT2D eigenvalue weighted by atomic mass is 10.1. The molecule has 0 unspecified atom stereocenters. The highest BCUT2D eigenvalue weighted by molar-refractivity contribution is 5.80. The summed E-state index contributed by atoms with van der Waals surface area (Å²) < 4.78 is 43.3. The molecule has 1 aromatic carbocycles. The van der Waals surface area contributed by atoms with Crippen LogP contribution in [0.5, 0.6) is 5.75 Å². The van der Waals surface area contributed by atoms with Crippen LogP contribution in [-0.2, 0) is 6.54 Å². The molecule has 3 aromatic rings. The van der Waals surface area contributed by atoms with Gasteiger partial charge in [-0.3, -0.25) is 9.88 Å². The van der Waals surface area contributed by atoms with Gasteiger partial charge in [-0.2, -0.15) is 8.78 Å². The Labute approximate surface area is 190 Å². The molecule has 0 radical (unpaired) electrons. The standard InChI is InChI=1S/C23H27F3N6O/c1-14(2)28-21-22(30-20-12-27-15(3)10-19(20)29-21)32-8-6-31(7-9-32)13-16-4-5-17(11-18(16)24)33-23(25)26/h4-5,10-12,14,23H,6-9,13H2,1-3H3,(H,28,29). The van der Waals surface area contributed by atoms with Crippen LogP contribution in [0.4, 0.5) is 24.8 Å². The number of hydrogen-bond acceptors (Lipinski definition) is 7. The second-order valence-corrected chi connectivity index (χ2v) is 8.40. The van der Waals surface area contributed by atoms with E-state index in [2.05, 4.69) is 38.7 Å². The van der Waals surface area contributed by atoms with Gasteiger partial charge in [0.15, 0.2) is 11.6 Å². The Hall–Kier alpha value is -3.14. The van der Waals surface area contributed by atoms with Crippen molar-refractivity contribution in [1.29, 1.82) is 0 Å². The number of alkyl halides is 2. The maximum absolute atomic E-state index is 14.4. The molecule has 0 aliphatic carbocycles. The number of aromatic nitrogens is 3. The molecule has 0 bridgehead atoms. The van der Waals surface area contributed by atoms with E-state index >= 15 is 0 Å². The van der Waals surface area contributed by atoms with Crippen LogP contribution in [0, 0.1) is 12.7 Å². The van der Waals surface area contributed by atoms with Gasteiger partial charge in [-0.1, -0.05) is 6.07 Å². The quantitative estimate of drug-likeness (QED) is 0.566. The minimum Gasteiger partial charge on any atom is -0.435 e. The first kappa shape index (κ1) is 23.0. The van der Waals surface area contributed by atoms with Gasteiger partial charge in [0.2, 0.25) is 0 Å². The molecule has 1 N–H and O–H groups in total. The Kier molecular flexibility index (Phi) is 6.83. The molecule has 3 heterocycles. The summed E-state index contributed by atoms with van der Waals surface area (Å²) in [7, 11) is 0. The predicted octanol–water partition coefficient (Wildman–Crippen LogP) is 4.22. The van der Waals surface area contributed by atoms with Gasteiger partial charge < -0.3 is 15.0 Å². The van der Waals surface area contributed by atoms with Crippen LogP contribution in [-0.4, -0.2) is 58.7 Å². The monoisotopic (exact) mass is 460 g/mol. The third-order valence-electron chi connectivity index (χ3n) is 5.41. The van der Waals surface area contributed by atoms with Gasteiger partial charge in [0.05, 0.1) is 11.7 Å². The Balaban J connectivity index is 1.47. The van der Waals surface area contributed by atoms with E-state index in [1.165, 1.54) is 12.1 Å². The second-order valence-electron chi connectivity index (χ2n) is 8.40. The molecule has 176 valence electrons. The number of nitrogens with zero attached hydrogens (tertiary/aromatic N) is 5. The zero-order valence-electron chi connectivity index (χ0n) is 18.9. The first-order valence-electron chi connectivity index (χ1n) is 10.9. The molecule has 0 saturated carbocycles. The van der Waals surface area contributed by atoms with Gasteiger partial charge in [-0.15, -0.1) is 0 Å². The summed E-state index contributed by atoms with van der Waals surface area (Å²) in [6, 6.07) is 5.97. The van der Waals surface area contributed by atoms with E-state index in [9.17, 15) is 13.2 Å². The SMILES string of the molecule is Cc1cc2nc(NC(C)C)c(N3CCN(Cc4ccc(OC(F)F)cc4F)CC3)nc2cn1. The normalized spacial score (nSPS) is 15.0. The molecule has 33 heavy (non-hydrogen) atoms. The summed E-state index contributed by atoms with van der Waals surface area (Å²) in [5.74, 6) is 0.779. The molecule has 2 aromatic heterocycles. The molecule has 7 nitrogen and oxygen atoms in total. The number of rotatable bonds is 7. The van der Waals surface area contributed by atoms with Crippen LogP contribution in [0.3, 0.4) is 0 Å². The van der Waals surface area contributed by atoms with E-state index in [1.54, 1.807) is 6.20 Å². The second kappa shape index (κ2) is 9.78. The van der Waals surface area contributed by atoms with Gasteiger partial charge in [-0.25, -0.2) is 14.4 Å². The number of nitrogens with one attached hydrogen (secondary N) is 1. The van der Waals surface area contributed by atoms with Crippen LogP contribution < -0.4 is 15.0 Å². The molecule has 4 rings (SSSR count). The summed E-state index contributed by atoms with van der Waals surface area (Å²) in [5.41, 5.74) is 2.86. The fraction of sp³-hybridized carbons (Fsp3) is 0.435. The number of anilines is 2. The lowest BCUT2D eigenvalue weighted by Gasteiger charge is -2.36. The highest BCUT2D eigenvalue weighted by atomic mass is 19.3. The van der Waals surface area contributed by atoms with Crippen LogP contribution in [0.15, 0.2) is 30.5 Å². The zero-order valence-corrected chi connectivity index (χ0v) is 18.9. The summed E-state index contributed by atoms with van der Waals surface area (Å²) >= 11 is 0. The van der Waals surface area contributed by atoms with Crippen molar-refractivity contribution in [2.24, 2.45) is 0 Å². The van der Waals surface area contributed by atoms with Crippen molar-refractivity contribution in [3.63, 3.8) is 0 Å². The summed E-state index contributed by atoms with van der Waals surface area (Å²) in [6.45, 7) is 6.22. The van der Waals surface area contributed by atoms with E-state index < -0.39 is 12.4 Å². The van der Waals surface area contributed by atoms with Crippen molar-refractivity contribution in [1.82, 2.24) is 19.9 Å². The average Bonchev–Trinajstić information content (AvgIpc) is 2.75. The van der Waals surface area contributed by atoms with Crippen molar-refractivity contribution in [3.8, 4) is 5.75 Å². The smallest absolute Gasteiger partial charge is 0.387 e. The van der Waals surface area contributed by atoms with Crippen LogP contribution in [0.25, 0.3) is 11.0 Å². The molecular weight excluding hydrogens is 433 g/mol. The summed E-state index contributed by atoms with van der Waals surface area (Å²) in [6.07, 6.45) is 1.74. The largest absolute Gasteiger partial charge is 0.435 e. The molecule has 1 saturated heterocycles. The lowest BCUT2D eigenvalue weighted by Crippen LogP contribution is -2.46. The van der Waals surface area contributed by atoms with Crippen LogP contribution >= 0.6 is 0 Å². The fourth-order valence-electron chi connectivity index (χ4n) is 3.83. The molecule has 1 fully saturated rings. The molecule has 0 amide bonds. The first-order valence-corrected chi connectivity index (χ1v) is 10.9. The van der Waals surface area contributed by atoms with Crippen LogP contribution in [0.1, 0.15) is 25.1 Å². The minimum absolute atomic E-state index is 0.180. The maximum atomic E-state index is 14.4. The van der Waals surface area contributed by atoms with Gasteiger partial charge in [0, 0.05) is 56.1 Å². The Morgan fingerprint density at radius 1 is 1.06 bits per heavy atom. The van der Waals surface area contributed by atoms with E-state index in [-0.39, 0.29) is 11.8 Å². The zero-order chi connectivity index (χ0) is 23.5. The Morgan fingerprint density at radius 2 is 1.82 bits per heavy atom. The number of halogens is 3. The van der Waals surface area contributed by atoms with Gasteiger partial charge >= 0.3 is 6.61 Å². The lowest BCUT2D eigenvalue weighted by molar-refractivity contribution is -0.0500. The van der Waals surface area contributed by atoms with E-state index in [0.717, 1.165) is 34.4 Å². The molecule has 0 spiro atoms. The molecule has 10 heteroatoms. The van der Waals surface area contributed by atoms with Crippen molar-refractivity contribution in [2.75, 3.05) is 36.4 Å². The highest BCUT2D eigenvalue weighted by Crippen LogP contribution is 2.27. The number of fused-ring (bicyclic) bond motifs is 1. The number of benzene rings is 1. The molecular formula is C23H27F3N6O. The van der Waals surface area contributed by atoms with E-state index in [0.29, 0.717) is 38.3 Å². The van der Waals surface area contributed by atoms with Gasteiger partial charge in [0.25, 0.3) is 0 Å². The summed E-state index contributed by atoms with van der Waals surface area (Å²) in [4.78, 5) is 18.3. The van der Waals surface area contributed by atoms with Crippen molar-refractivity contribution in [3.05, 3.63) is 47.5 Å². The first-order chi connectivity index (χ1) is 15.8. The molecule has 1 aliphatic heterocycles. The van der Waals surface area contributed by atoms with Crippen LogP contribution in [0.2, 0.25) is 0 Å². The Bertz CT molecular complexity index is 1120. The number of hydrogen-bond donors (Lipinski definition) is 1. The van der Waals surface area contributed by atoms with Gasteiger partial charge in [-0.05, 0) is 32.9 Å². The third-order valence-corrected chi connectivity index (χ3v) is 5.41. The number of pyridine rings is 1. The van der Waals surface area contributed by atoms with Gasteiger partial charge in [0.1, 0.15) is 17.1 Å². The fourth-order valence-corrected chi connectivity index (χ4v) is 3.83. The minimum atomic E-state index is -2.98. The molecule has 1 aliphatic rings. The Morgan fingerprint density at radius 3 is 2.48 bits per heavy atom. The van der Waals surface area contributed by atoms with E-state index in [1.807, 2.05) is 13.0 Å². The average molecular weight is 461 g/mol. The third kappa shape index (κ3) is 5.62. The number of ether oxygens (including phenoxy) is 1. The van der Waals surface area contributed by atoms with Crippen molar-refractivity contribution in [2.45, 2.75) is 40.0 Å². The summed E-state index contributed by atoms with van der Waals surface area (Å²) in [5, 5.41) is 3.40.